The molecule has 2 aromatic carbocycles. The predicted octanol–water partition coefficient (Wildman–Crippen LogP) is 7.74. The maximum Gasteiger partial charge on any atom is 0.324 e. The van der Waals surface area contributed by atoms with Gasteiger partial charge < -0.3 is 20.1 Å². The Balaban J connectivity index is 1.09. The molecule has 4 heterocycles. The van der Waals surface area contributed by atoms with Crippen LogP contribution in [-0.4, -0.2) is 44.0 Å². The second-order valence-electron chi connectivity index (χ2n) is 13.7. The Kier molecular flexibility index (Phi) is 8.16. The molecule has 10 nitrogen and oxygen atoms in total. The van der Waals surface area contributed by atoms with E-state index in [0.717, 1.165) is 54.7 Å². The molecule has 236 valence electrons. The number of urea groups is 2. The van der Waals surface area contributed by atoms with Crippen LogP contribution in [0.5, 0.6) is 0 Å². The highest BCUT2D eigenvalue weighted by atomic mass is 16.5. The van der Waals surface area contributed by atoms with Crippen molar-refractivity contribution in [3.05, 3.63) is 82.9 Å². The topological polar surface area (TPSA) is 117 Å². The summed E-state index contributed by atoms with van der Waals surface area (Å²) in [6.07, 6.45) is 4.87. The molecule has 0 spiro atoms. The third-order valence-electron chi connectivity index (χ3n) is 9.04. The number of aromatic nitrogens is 3. The van der Waals surface area contributed by atoms with Gasteiger partial charge in [0.25, 0.3) is 0 Å². The fourth-order valence-corrected chi connectivity index (χ4v) is 6.73. The second kappa shape index (κ2) is 12.1. The largest absolute Gasteiger partial charge is 0.359 e. The van der Waals surface area contributed by atoms with Crippen molar-refractivity contribution in [2.24, 2.45) is 5.92 Å². The number of fused-ring (bicyclic) bond motifs is 2. The third-order valence-corrected chi connectivity index (χ3v) is 9.04. The molecule has 10 heteroatoms. The average molecular weight is 610 g/mol. The number of anilines is 3. The van der Waals surface area contributed by atoms with Gasteiger partial charge in [0.2, 0.25) is 0 Å². The van der Waals surface area contributed by atoms with Crippen molar-refractivity contribution in [3.8, 4) is 5.69 Å². The van der Waals surface area contributed by atoms with Crippen molar-refractivity contribution >= 4 is 29.3 Å². The maximum atomic E-state index is 13.2. The summed E-state index contributed by atoms with van der Waals surface area (Å²) in [6.45, 7) is 12.0. The molecule has 2 atom stereocenters. The number of nitrogens with zero attached hydrogens (tertiary/aromatic N) is 4. The molecule has 3 N–H and O–H groups in total. The number of hydrogen-bond donors (Lipinski definition) is 3. The van der Waals surface area contributed by atoms with E-state index in [0.29, 0.717) is 28.9 Å². The highest BCUT2D eigenvalue weighted by molar-refractivity contribution is 5.99. The number of benzene rings is 2. The lowest BCUT2D eigenvalue weighted by Crippen LogP contribution is -2.48. The number of piperidine rings is 1. The smallest absolute Gasteiger partial charge is 0.324 e. The molecule has 2 aliphatic heterocycles. The van der Waals surface area contributed by atoms with E-state index in [-0.39, 0.29) is 29.6 Å². The van der Waals surface area contributed by atoms with Crippen LogP contribution in [0.1, 0.15) is 74.7 Å². The summed E-state index contributed by atoms with van der Waals surface area (Å²) in [4.78, 5) is 28.5. The van der Waals surface area contributed by atoms with E-state index in [1.54, 1.807) is 4.68 Å². The molecular formula is C35H43N7O3. The molecule has 2 unspecified atom stereocenters. The van der Waals surface area contributed by atoms with E-state index in [4.69, 9.17) is 9.62 Å². The van der Waals surface area contributed by atoms with Crippen LogP contribution in [0.2, 0.25) is 0 Å². The lowest BCUT2D eigenvalue weighted by Gasteiger charge is -2.39. The van der Waals surface area contributed by atoms with Gasteiger partial charge in [-0.25, -0.2) is 14.3 Å². The van der Waals surface area contributed by atoms with Gasteiger partial charge in [-0.1, -0.05) is 55.8 Å². The normalized spacial score (nSPS) is 19.4. The van der Waals surface area contributed by atoms with Gasteiger partial charge in [0, 0.05) is 29.3 Å². The number of rotatable bonds is 6. The van der Waals surface area contributed by atoms with E-state index in [1.165, 1.54) is 5.56 Å². The molecule has 2 saturated heterocycles. The molecule has 0 saturated carbocycles. The van der Waals surface area contributed by atoms with Crippen molar-refractivity contribution < 1.29 is 14.1 Å². The van der Waals surface area contributed by atoms with E-state index in [9.17, 15) is 9.59 Å². The van der Waals surface area contributed by atoms with Gasteiger partial charge >= 0.3 is 12.1 Å². The Morgan fingerprint density at radius 3 is 2.29 bits per heavy atom. The summed E-state index contributed by atoms with van der Waals surface area (Å²) in [5.74, 6) is 1.70. The minimum atomic E-state index is -0.323. The number of hydrogen-bond acceptors (Lipinski definition) is 5. The average Bonchev–Trinajstić information content (AvgIpc) is 3.63. The quantitative estimate of drug-likeness (QED) is 0.207. The highest BCUT2D eigenvalue weighted by Gasteiger charge is 2.43. The first kappa shape index (κ1) is 30.4. The molecule has 45 heavy (non-hydrogen) atoms. The number of carbonyl (C=O) groups excluding carboxylic acids is 2. The Labute approximate surface area is 264 Å². The van der Waals surface area contributed by atoms with Gasteiger partial charge in [-0.3, -0.25) is 5.32 Å². The van der Waals surface area contributed by atoms with Gasteiger partial charge in [-0.2, -0.15) is 5.10 Å². The van der Waals surface area contributed by atoms with Crippen LogP contribution in [0, 0.1) is 26.7 Å². The molecule has 6 rings (SSSR count). The minimum Gasteiger partial charge on any atom is -0.359 e. The van der Waals surface area contributed by atoms with Gasteiger partial charge in [0.05, 0.1) is 11.4 Å². The maximum absolute atomic E-state index is 13.2. The first-order chi connectivity index (χ1) is 21.4. The van der Waals surface area contributed by atoms with Crippen molar-refractivity contribution in [1.82, 2.24) is 19.8 Å². The van der Waals surface area contributed by atoms with Crippen LogP contribution in [-0.2, 0) is 11.8 Å². The lowest BCUT2D eigenvalue weighted by molar-refractivity contribution is 0.131. The summed E-state index contributed by atoms with van der Waals surface area (Å²) >= 11 is 0. The van der Waals surface area contributed by atoms with Gasteiger partial charge in [0.15, 0.2) is 5.76 Å². The zero-order chi connectivity index (χ0) is 31.9. The van der Waals surface area contributed by atoms with Crippen LogP contribution in [0.3, 0.4) is 0 Å². The molecule has 2 aliphatic rings. The lowest BCUT2D eigenvalue weighted by atomic mass is 9.86. The monoisotopic (exact) mass is 609 g/mol. The van der Waals surface area contributed by atoms with Gasteiger partial charge in [-0.15, -0.1) is 0 Å². The molecular weight excluding hydrogens is 566 g/mol. The summed E-state index contributed by atoms with van der Waals surface area (Å²) in [5, 5.41) is 17.9. The van der Waals surface area contributed by atoms with Gasteiger partial charge in [0.1, 0.15) is 17.2 Å². The van der Waals surface area contributed by atoms with E-state index in [1.807, 2.05) is 68.1 Å². The molecule has 2 fully saturated rings. The highest BCUT2D eigenvalue weighted by Crippen LogP contribution is 2.40. The number of amides is 4. The Morgan fingerprint density at radius 2 is 1.64 bits per heavy atom. The zero-order valence-electron chi connectivity index (χ0n) is 27.0. The van der Waals surface area contributed by atoms with Crippen LogP contribution in [0.25, 0.3) is 5.69 Å². The SMILES string of the molecule is Cc1ccc(-n2nc(C(C)(C)C)cc2NC(=O)Nc2cccc(CC3CC4CCC(C3)N4C(=O)Nc3c(C)noc3C)c2)cc1. The molecule has 2 bridgehead atoms. The zero-order valence-corrected chi connectivity index (χ0v) is 27.0. The predicted molar refractivity (Wildman–Crippen MR) is 176 cm³/mol. The van der Waals surface area contributed by atoms with E-state index >= 15 is 0 Å². The fourth-order valence-electron chi connectivity index (χ4n) is 6.73. The fraction of sp³-hybridized carbons (Fsp3) is 0.429. The number of aryl methyl sites for hydroxylation is 3. The van der Waals surface area contributed by atoms with E-state index in [2.05, 4.69) is 54.0 Å². The molecule has 2 aromatic heterocycles. The van der Waals surface area contributed by atoms with Crippen LogP contribution < -0.4 is 16.0 Å². The summed E-state index contributed by atoms with van der Waals surface area (Å²) in [7, 11) is 0. The standard InChI is InChI=1S/C35H43N7O3/c1-21-10-12-27(13-11-21)42-31(20-30(39-42)35(4,5)6)37-33(43)36-26-9-7-8-24(17-26)16-25-18-28-14-15-29(19-25)41(28)34(44)38-32-22(2)40-45-23(32)3/h7-13,17,20,25,28-29H,14-16,18-19H2,1-6H3,(H,38,44)(H2,36,37,43). The summed E-state index contributed by atoms with van der Waals surface area (Å²) in [5.41, 5.74) is 6.03. The Bertz CT molecular complexity index is 1670. The third kappa shape index (κ3) is 6.60. The number of carbonyl (C=O) groups is 2. The second-order valence-corrected chi connectivity index (χ2v) is 13.7. The molecule has 4 amide bonds. The van der Waals surface area contributed by atoms with Crippen molar-refractivity contribution in [3.63, 3.8) is 0 Å². The van der Waals surface area contributed by atoms with Crippen molar-refractivity contribution in [2.45, 2.75) is 91.1 Å². The van der Waals surface area contributed by atoms with Crippen molar-refractivity contribution in [1.29, 1.82) is 0 Å². The number of nitrogens with one attached hydrogen (secondary N) is 3. The first-order valence-corrected chi connectivity index (χ1v) is 15.8. The Morgan fingerprint density at radius 1 is 0.933 bits per heavy atom. The first-order valence-electron chi connectivity index (χ1n) is 15.8. The molecule has 4 aromatic rings. The summed E-state index contributed by atoms with van der Waals surface area (Å²) < 4.78 is 7.01. The van der Waals surface area contributed by atoms with Crippen molar-refractivity contribution in [2.75, 3.05) is 16.0 Å². The van der Waals surface area contributed by atoms with Crippen LogP contribution >= 0.6 is 0 Å². The van der Waals surface area contributed by atoms with E-state index < -0.39 is 0 Å². The molecule has 0 aliphatic carbocycles. The van der Waals surface area contributed by atoms with Crippen LogP contribution in [0.4, 0.5) is 26.8 Å². The molecule has 0 radical (unpaired) electrons. The van der Waals surface area contributed by atoms with Gasteiger partial charge in [-0.05, 0) is 88.6 Å². The van der Waals surface area contributed by atoms with Crippen LogP contribution in [0.15, 0.2) is 59.1 Å². The Hall–Kier alpha value is -4.60. The minimum absolute atomic E-state index is 0.0640. The summed E-state index contributed by atoms with van der Waals surface area (Å²) in [6, 6.07) is 18.1.